The number of benzene rings is 2. The summed E-state index contributed by atoms with van der Waals surface area (Å²) >= 11 is 0. The van der Waals surface area contributed by atoms with Gasteiger partial charge in [0, 0.05) is 23.5 Å². The zero-order chi connectivity index (χ0) is 17.4. The van der Waals surface area contributed by atoms with Gasteiger partial charge in [0.15, 0.2) is 6.61 Å². The summed E-state index contributed by atoms with van der Waals surface area (Å²) in [5, 5.41) is 8.18. The van der Waals surface area contributed by atoms with Crippen molar-refractivity contribution in [2.75, 3.05) is 17.2 Å². The first-order valence-corrected chi connectivity index (χ1v) is 7.68. The molecule has 0 saturated heterocycles. The maximum Gasteiger partial charge on any atom is 0.319 e. The van der Waals surface area contributed by atoms with E-state index in [-0.39, 0.29) is 24.6 Å². The van der Waals surface area contributed by atoms with E-state index in [1.54, 1.807) is 36.4 Å². The first-order chi connectivity index (χ1) is 11.5. The molecule has 3 N–H and O–H groups in total. The molecule has 0 aliphatic rings. The zero-order valence-electron chi connectivity index (χ0n) is 13.7. The molecule has 0 aromatic heterocycles. The van der Waals surface area contributed by atoms with E-state index in [4.69, 9.17) is 4.74 Å². The fourth-order valence-electron chi connectivity index (χ4n) is 1.96. The van der Waals surface area contributed by atoms with Crippen molar-refractivity contribution in [1.29, 1.82) is 0 Å². The van der Waals surface area contributed by atoms with Gasteiger partial charge in [-0.3, -0.25) is 4.79 Å². The third kappa shape index (κ3) is 6.00. The lowest BCUT2D eigenvalue weighted by Gasteiger charge is -2.11. The maximum absolute atomic E-state index is 11.9. The van der Waals surface area contributed by atoms with Gasteiger partial charge in [-0.25, -0.2) is 4.79 Å². The molecule has 0 atom stereocenters. The monoisotopic (exact) mass is 327 g/mol. The van der Waals surface area contributed by atoms with Crippen molar-refractivity contribution in [2.45, 2.75) is 19.9 Å². The van der Waals surface area contributed by atoms with Crippen molar-refractivity contribution in [3.8, 4) is 5.75 Å². The van der Waals surface area contributed by atoms with Gasteiger partial charge in [-0.1, -0.05) is 24.3 Å². The molecule has 0 radical (unpaired) electrons. The van der Waals surface area contributed by atoms with Gasteiger partial charge < -0.3 is 20.7 Å². The van der Waals surface area contributed by atoms with Crippen LogP contribution in [0.25, 0.3) is 0 Å². The number of ether oxygens (including phenoxy) is 1. The lowest BCUT2D eigenvalue weighted by Crippen LogP contribution is -2.34. The quantitative estimate of drug-likeness (QED) is 0.762. The third-order valence-electron chi connectivity index (χ3n) is 2.94. The Bertz CT molecular complexity index is 687. The van der Waals surface area contributed by atoms with Crippen LogP contribution < -0.4 is 20.7 Å². The fourth-order valence-corrected chi connectivity index (χ4v) is 1.96. The van der Waals surface area contributed by atoms with Crippen LogP contribution in [0.5, 0.6) is 5.75 Å². The molecule has 2 aromatic rings. The van der Waals surface area contributed by atoms with Gasteiger partial charge in [0.05, 0.1) is 0 Å². The molecule has 6 heteroatoms. The summed E-state index contributed by atoms with van der Waals surface area (Å²) in [6.07, 6.45) is 0. The van der Waals surface area contributed by atoms with Crippen LogP contribution in [0.2, 0.25) is 0 Å². The number of rotatable bonds is 6. The highest BCUT2D eigenvalue weighted by molar-refractivity contribution is 5.92. The van der Waals surface area contributed by atoms with E-state index in [2.05, 4.69) is 16.0 Å². The van der Waals surface area contributed by atoms with Crippen molar-refractivity contribution in [3.63, 3.8) is 0 Å². The molecule has 0 saturated carbocycles. The van der Waals surface area contributed by atoms with Crippen LogP contribution >= 0.6 is 0 Å². The number of hydrogen-bond acceptors (Lipinski definition) is 3. The van der Waals surface area contributed by atoms with Crippen molar-refractivity contribution >= 4 is 23.3 Å². The zero-order valence-corrected chi connectivity index (χ0v) is 13.7. The van der Waals surface area contributed by atoms with E-state index >= 15 is 0 Å². The number of amides is 3. The Balaban J connectivity index is 1.85. The predicted octanol–water partition coefficient (Wildman–Crippen LogP) is 3.23. The molecule has 0 heterocycles. The van der Waals surface area contributed by atoms with Gasteiger partial charge in [-0.15, -0.1) is 0 Å². The summed E-state index contributed by atoms with van der Waals surface area (Å²) in [5.41, 5.74) is 1.31. The molecule has 0 unspecified atom stereocenters. The summed E-state index contributed by atoms with van der Waals surface area (Å²) in [7, 11) is 0. The highest BCUT2D eigenvalue weighted by Crippen LogP contribution is 2.17. The van der Waals surface area contributed by atoms with E-state index in [0.717, 1.165) is 0 Å². The van der Waals surface area contributed by atoms with Crippen molar-refractivity contribution in [2.24, 2.45) is 0 Å². The molecule has 2 rings (SSSR count). The fraction of sp³-hybridized carbons (Fsp3) is 0.222. The van der Waals surface area contributed by atoms with Gasteiger partial charge in [0.25, 0.3) is 5.91 Å². The number of carbonyl (C=O) groups is 2. The summed E-state index contributed by atoms with van der Waals surface area (Å²) in [6.45, 7) is 3.64. The molecule has 0 spiro atoms. The summed E-state index contributed by atoms with van der Waals surface area (Å²) in [6, 6.07) is 15.8. The molecule has 0 fully saturated rings. The molecular formula is C18H21N3O3. The highest BCUT2D eigenvalue weighted by atomic mass is 16.5. The number of carbonyl (C=O) groups excluding carboxylic acids is 2. The SMILES string of the molecule is CC(C)NC(=O)Nc1cccc(OCC(=O)Nc2ccccc2)c1. The Morgan fingerprint density at radius 3 is 2.38 bits per heavy atom. The molecule has 126 valence electrons. The number of urea groups is 1. The molecular weight excluding hydrogens is 306 g/mol. The van der Waals surface area contributed by atoms with Crippen LogP contribution in [-0.2, 0) is 4.79 Å². The molecule has 0 aliphatic heterocycles. The lowest BCUT2D eigenvalue weighted by molar-refractivity contribution is -0.118. The number of anilines is 2. The Hall–Kier alpha value is -3.02. The minimum Gasteiger partial charge on any atom is -0.484 e. The largest absolute Gasteiger partial charge is 0.484 e. The van der Waals surface area contributed by atoms with Crippen molar-refractivity contribution < 1.29 is 14.3 Å². The summed E-state index contributed by atoms with van der Waals surface area (Å²) in [4.78, 5) is 23.5. The smallest absolute Gasteiger partial charge is 0.319 e. The highest BCUT2D eigenvalue weighted by Gasteiger charge is 2.06. The minimum absolute atomic E-state index is 0.0473. The molecule has 0 bridgehead atoms. The first-order valence-electron chi connectivity index (χ1n) is 7.68. The number of para-hydroxylation sites is 1. The second-order valence-corrected chi connectivity index (χ2v) is 5.48. The molecule has 2 aromatic carbocycles. The van der Waals surface area contributed by atoms with E-state index in [1.807, 2.05) is 32.0 Å². The Kier molecular flexibility index (Phi) is 6.19. The van der Waals surface area contributed by atoms with E-state index in [9.17, 15) is 9.59 Å². The molecule has 24 heavy (non-hydrogen) atoms. The predicted molar refractivity (Wildman–Crippen MR) is 94.3 cm³/mol. The number of nitrogens with one attached hydrogen (secondary N) is 3. The molecule has 6 nitrogen and oxygen atoms in total. The first kappa shape index (κ1) is 17.3. The van der Waals surface area contributed by atoms with Crippen molar-refractivity contribution in [3.05, 3.63) is 54.6 Å². The van der Waals surface area contributed by atoms with Crippen LogP contribution in [-0.4, -0.2) is 24.6 Å². The summed E-state index contributed by atoms with van der Waals surface area (Å²) < 4.78 is 5.46. The van der Waals surface area contributed by atoms with E-state index in [1.165, 1.54) is 0 Å². The molecule has 3 amide bonds. The Morgan fingerprint density at radius 1 is 0.958 bits per heavy atom. The lowest BCUT2D eigenvalue weighted by atomic mass is 10.3. The number of hydrogen-bond donors (Lipinski definition) is 3. The van der Waals surface area contributed by atoms with Gasteiger partial charge >= 0.3 is 6.03 Å². The van der Waals surface area contributed by atoms with E-state index in [0.29, 0.717) is 17.1 Å². The summed E-state index contributed by atoms with van der Waals surface area (Å²) in [5.74, 6) is 0.248. The van der Waals surface area contributed by atoms with Crippen LogP contribution in [0.1, 0.15) is 13.8 Å². The van der Waals surface area contributed by atoms with Crippen LogP contribution in [0, 0.1) is 0 Å². The second-order valence-electron chi connectivity index (χ2n) is 5.48. The standard InChI is InChI=1S/C18H21N3O3/c1-13(2)19-18(23)21-15-9-6-10-16(11-15)24-12-17(22)20-14-7-4-3-5-8-14/h3-11,13H,12H2,1-2H3,(H,20,22)(H2,19,21,23). The normalized spacial score (nSPS) is 10.1. The van der Waals surface area contributed by atoms with Crippen molar-refractivity contribution in [1.82, 2.24) is 5.32 Å². The van der Waals surface area contributed by atoms with Gasteiger partial charge in [-0.05, 0) is 38.1 Å². The van der Waals surface area contributed by atoms with Gasteiger partial charge in [0.1, 0.15) is 5.75 Å². The topological polar surface area (TPSA) is 79.5 Å². The van der Waals surface area contributed by atoms with Crippen LogP contribution in [0.15, 0.2) is 54.6 Å². The third-order valence-corrected chi connectivity index (χ3v) is 2.94. The second kappa shape index (κ2) is 8.57. The average Bonchev–Trinajstić information content (AvgIpc) is 2.53. The molecule has 0 aliphatic carbocycles. The van der Waals surface area contributed by atoms with E-state index < -0.39 is 0 Å². The Labute approximate surface area is 141 Å². The van der Waals surface area contributed by atoms with Gasteiger partial charge in [-0.2, -0.15) is 0 Å². The minimum atomic E-state index is -0.288. The Morgan fingerprint density at radius 2 is 1.67 bits per heavy atom. The maximum atomic E-state index is 11.9. The average molecular weight is 327 g/mol. The van der Waals surface area contributed by atoms with Gasteiger partial charge in [0.2, 0.25) is 0 Å². The van der Waals surface area contributed by atoms with Crippen LogP contribution in [0.4, 0.5) is 16.2 Å². The van der Waals surface area contributed by atoms with Crippen LogP contribution in [0.3, 0.4) is 0 Å².